The van der Waals surface area contributed by atoms with Gasteiger partial charge in [0.05, 0.1) is 17.6 Å². The van der Waals surface area contributed by atoms with Crippen LogP contribution in [0.4, 0.5) is 10.1 Å². The number of hydrogen-bond acceptors (Lipinski definition) is 6. The van der Waals surface area contributed by atoms with Crippen molar-refractivity contribution in [1.29, 1.82) is 0 Å². The van der Waals surface area contributed by atoms with Crippen LogP contribution >= 0.6 is 0 Å². The third kappa shape index (κ3) is 4.26. The van der Waals surface area contributed by atoms with Crippen molar-refractivity contribution in [3.8, 4) is 22.9 Å². The number of H-pyrrole nitrogens is 1. The summed E-state index contributed by atoms with van der Waals surface area (Å²) < 4.78 is 26.8. The number of nitrogens with one attached hydrogen (secondary N) is 1. The minimum atomic E-state index is -0.517. The Hall–Kier alpha value is -5.77. The Kier molecular flexibility index (Phi) is 6.01. The second-order valence-corrected chi connectivity index (χ2v) is 9.64. The monoisotopic (exact) mass is 560 g/mol. The first kappa shape index (κ1) is 25.2. The van der Waals surface area contributed by atoms with Crippen molar-refractivity contribution in [3.63, 3.8) is 0 Å². The van der Waals surface area contributed by atoms with E-state index in [1.54, 1.807) is 48.7 Å². The Morgan fingerprint density at radius 3 is 2.60 bits per heavy atom. The molecule has 3 aromatic heterocycles. The van der Waals surface area contributed by atoms with Gasteiger partial charge in [-0.2, -0.15) is 0 Å². The zero-order valence-corrected chi connectivity index (χ0v) is 21.9. The molecule has 42 heavy (non-hydrogen) atoms. The molecular formula is C32H21FN4O5. The number of halogens is 1. The zero-order chi connectivity index (χ0) is 28.8. The predicted octanol–water partition coefficient (Wildman–Crippen LogP) is 5.20. The number of pyridine rings is 3. The molecule has 1 aliphatic rings. The van der Waals surface area contributed by atoms with Gasteiger partial charge in [-0.25, -0.2) is 9.37 Å². The van der Waals surface area contributed by atoms with Crippen LogP contribution in [0.25, 0.3) is 27.5 Å². The number of nitrogens with zero attached hydrogens (tertiary/aromatic N) is 3. The molecule has 0 aliphatic carbocycles. The van der Waals surface area contributed by atoms with Crippen LogP contribution in [0.1, 0.15) is 10.4 Å². The molecule has 0 saturated heterocycles. The van der Waals surface area contributed by atoms with Gasteiger partial charge in [0.15, 0.2) is 0 Å². The van der Waals surface area contributed by atoms with Crippen LogP contribution in [0.5, 0.6) is 17.2 Å². The third-order valence-corrected chi connectivity index (χ3v) is 7.14. The lowest BCUT2D eigenvalue weighted by atomic mass is 10.1. The van der Waals surface area contributed by atoms with Gasteiger partial charge in [-0.3, -0.25) is 19.0 Å². The van der Waals surface area contributed by atoms with E-state index in [4.69, 9.17) is 9.47 Å². The van der Waals surface area contributed by atoms with E-state index < -0.39 is 17.3 Å². The van der Waals surface area contributed by atoms with Crippen molar-refractivity contribution in [2.75, 3.05) is 18.1 Å². The third-order valence-electron chi connectivity index (χ3n) is 7.14. The SMILES string of the molecule is O=C(c1cccn(-c2ccc(F)cc2)c1=O)N1CCOc2cc(Oc3ccnc4[nH]c(=O)c5ccccc5c34)ccc21. The van der Waals surface area contributed by atoms with Crippen LogP contribution in [-0.4, -0.2) is 33.6 Å². The first-order valence-corrected chi connectivity index (χ1v) is 13.1. The van der Waals surface area contributed by atoms with E-state index in [9.17, 15) is 18.8 Å². The summed E-state index contributed by atoms with van der Waals surface area (Å²) in [6.45, 7) is 0.455. The second-order valence-electron chi connectivity index (χ2n) is 9.64. The highest BCUT2D eigenvalue weighted by Gasteiger charge is 2.27. The molecule has 0 unspecified atom stereocenters. The van der Waals surface area contributed by atoms with E-state index in [1.165, 1.54) is 46.0 Å². The van der Waals surface area contributed by atoms with E-state index in [2.05, 4.69) is 9.97 Å². The van der Waals surface area contributed by atoms with Gasteiger partial charge in [0.1, 0.15) is 40.9 Å². The lowest BCUT2D eigenvalue weighted by molar-refractivity contribution is 0.0974. The molecule has 0 fully saturated rings. The number of fused-ring (bicyclic) bond motifs is 4. The number of benzene rings is 3. The van der Waals surface area contributed by atoms with Crippen LogP contribution in [0.2, 0.25) is 0 Å². The second kappa shape index (κ2) is 10.0. The van der Waals surface area contributed by atoms with Crippen molar-refractivity contribution in [1.82, 2.24) is 14.5 Å². The fourth-order valence-corrected chi connectivity index (χ4v) is 5.17. The number of ether oxygens (including phenoxy) is 2. The number of rotatable bonds is 4. The largest absolute Gasteiger partial charge is 0.489 e. The summed E-state index contributed by atoms with van der Waals surface area (Å²) in [5, 5.41) is 1.88. The van der Waals surface area contributed by atoms with Crippen LogP contribution in [0.15, 0.2) is 107 Å². The average Bonchev–Trinajstić information content (AvgIpc) is 3.01. The maximum absolute atomic E-state index is 13.6. The van der Waals surface area contributed by atoms with Gasteiger partial charge in [-0.15, -0.1) is 0 Å². The topological polar surface area (TPSA) is 107 Å². The molecule has 0 atom stereocenters. The van der Waals surface area contributed by atoms with Crippen LogP contribution in [0, 0.1) is 5.82 Å². The van der Waals surface area contributed by atoms with Crippen molar-refractivity contribution >= 4 is 33.4 Å². The highest BCUT2D eigenvalue weighted by molar-refractivity contribution is 6.08. The number of carbonyl (C=O) groups excluding carboxylic acids is 1. The Morgan fingerprint density at radius 2 is 1.76 bits per heavy atom. The lowest BCUT2D eigenvalue weighted by Gasteiger charge is -2.29. The molecule has 6 aromatic rings. The van der Waals surface area contributed by atoms with Crippen LogP contribution < -0.4 is 25.5 Å². The maximum Gasteiger partial charge on any atom is 0.267 e. The zero-order valence-electron chi connectivity index (χ0n) is 21.9. The molecule has 1 N–H and O–H groups in total. The molecule has 0 spiro atoms. The predicted molar refractivity (Wildman–Crippen MR) is 156 cm³/mol. The Balaban J connectivity index is 1.23. The molecule has 7 rings (SSSR count). The number of aromatic nitrogens is 3. The fraction of sp³-hybridized carbons (Fsp3) is 0.0625. The molecule has 1 aliphatic heterocycles. The van der Waals surface area contributed by atoms with Crippen molar-refractivity contribution in [2.24, 2.45) is 0 Å². The molecule has 9 nitrogen and oxygen atoms in total. The van der Waals surface area contributed by atoms with Gasteiger partial charge in [-0.1, -0.05) is 18.2 Å². The first-order valence-electron chi connectivity index (χ1n) is 13.1. The highest BCUT2D eigenvalue weighted by Crippen LogP contribution is 2.38. The smallest absolute Gasteiger partial charge is 0.267 e. The number of anilines is 1. The molecule has 0 radical (unpaired) electrons. The Labute approximate surface area is 237 Å². The first-order chi connectivity index (χ1) is 20.5. The van der Waals surface area contributed by atoms with Gasteiger partial charge >= 0.3 is 0 Å². The molecule has 10 heteroatoms. The van der Waals surface area contributed by atoms with E-state index in [-0.39, 0.29) is 24.3 Å². The summed E-state index contributed by atoms with van der Waals surface area (Å²) in [6.07, 6.45) is 3.08. The van der Waals surface area contributed by atoms with Crippen molar-refractivity contribution < 1.29 is 18.7 Å². The van der Waals surface area contributed by atoms with E-state index in [0.717, 1.165) is 0 Å². The molecule has 1 amide bonds. The molecule has 4 heterocycles. The van der Waals surface area contributed by atoms with Gasteiger partial charge in [0, 0.05) is 34.9 Å². The summed E-state index contributed by atoms with van der Waals surface area (Å²) in [5.41, 5.74) is 0.551. The van der Waals surface area contributed by atoms with Gasteiger partial charge in [0.2, 0.25) is 0 Å². The molecule has 0 saturated carbocycles. The maximum atomic E-state index is 13.6. The number of amides is 1. The molecule has 3 aromatic carbocycles. The normalized spacial score (nSPS) is 12.6. The molecule has 206 valence electrons. The van der Waals surface area contributed by atoms with Crippen molar-refractivity contribution in [2.45, 2.75) is 0 Å². The number of aromatic amines is 1. The fourth-order valence-electron chi connectivity index (χ4n) is 5.17. The number of carbonyl (C=O) groups is 1. The minimum absolute atomic E-state index is 0.0286. The molecular weight excluding hydrogens is 539 g/mol. The Bertz CT molecular complexity index is 2140. The average molecular weight is 561 g/mol. The highest BCUT2D eigenvalue weighted by atomic mass is 19.1. The summed E-state index contributed by atoms with van der Waals surface area (Å²) in [6, 6.07) is 22.6. The van der Waals surface area contributed by atoms with E-state index >= 15 is 0 Å². The van der Waals surface area contributed by atoms with E-state index in [0.29, 0.717) is 50.4 Å². The minimum Gasteiger partial charge on any atom is -0.489 e. The number of hydrogen-bond donors (Lipinski definition) is 1. The van der Waals surface area contributed by atoms with E-state index in [1.807, 2.05) is 12.1 Å². The standard InChI is InChI=1S/C32H21FN4O5/c33-19-7-9-20(10-8-19)36-15-3-6-24(31(36)39)32(40)37-16-17-41-27-18-21(11-12-25(27)37)42-26-13-14-34-29-28(26)22-4-1-2-5-23(22)30(38)35-29/h1-15,18H,16-17H2,(H,34,35,38). The van der Waals surface area contributed by atoms with Gasteiger partial charge in [-0.05, 0) is 60.7 Å². The van der Waals surface area contributed by atoms with Gasteiger partial charge < -0.3 is 19.4 Å². The quantitative estimate of drug-likeness (QED) is 0.297. The summed E-state index contributed by atoms with van der Waals surface area (Å²) in [4.78, 5) is 48.0. The van der Waals surface area contributed by atoms with Gasteiger partial charge in [0.25, 0.3) is 17.0 Å². The Morgan fingerprint density at radius 1 is 0.952 bits per heavy atom. The summed E-state index contributed by atoms with van der Waals surface area (Å²) >= 11 is 0. The summed E-state index contributed by atoms with van der Waals surface area (Å²) in [5.74, 6) is 0.447. The molecule has 0 bridgehead atoms. The van der Waals surface area contributed by atoms with Crippen molar-refractivity contribution in [3.05, 3.63) is 129 Å². The lowest BCUT2D eigenvalue weighted by Crippen LogP contribution is -2.41. The van der Waals surface area contributed by atoms with Crippen LogP contribution in [-0.2, 0) is 0 Å². The van der Waals surface area contributed by atoms with Crippen LogP contribution in [0.3, 0.4) is 0 Å². The summed E-state index contributed by atoms with van der Waals surface area (Å²) in [7, 11) is 0.